The van der Waals surface area contributed by atoms with Gasteiger partial charge in [-0.15, -0.1) is 0 Å². The van der Waals surface area contributed by atoms with Crippen LogP contribution in [0, 0.1) is 26.6 Å². The lowest BCUT2D eigenvalue weighted by atomic mass is 10.0. The molecule has 0 aromatic heterocycles. The molecule has 1 aliphatic heterocycles. The van der Waals surface area contributed by atoms with Gasteiger partial charge < -0.3 is 9.80 Å². The lowest BCUT2D eigenvalue weighted by Crippen LogP contribution is -2.50. The molecule has 1 aliphatic rings. The van der Waals surface area contributed by atoms with Gasteiger partial charge in [0.1, 0.15) is 5.82 Å². The molecular formula is C29H37FN4O2S. The van der Waals surface area contributed by atoms with Gasteiger partial charge in [0.15, 0.2) is 0 Å². The fraction of sp³-hybridized carbons (Fsp3) is 0.379. The van der Waals surface area contributed by atoms with E-state index >= 15 is 0 Å². The standard InChI is InChI=1S/C29H37FN4O2S/c1-21-18-23(3)29(19-22(21)2)37(35,36)31-20-28(24-6-10-26(11-7-24)32(4)5)34-16-14-33(15-17-34)27-12-8-25(30)9-13-27/h6-13,18-19,28,31H,14-17,20H2,1-5H3. The van der Waals surface area contributed by atoms with E-state index in [1.807, 2.05) is 58.0 Å². The van der Waals surface area contributed by atoms with Crippen LogP contribution in [0.5, 0.6) is 0 Å². The quantitative estimate of drug-likeness (QED) is 0.465. The van der Waals surface area contributed by atoms with Crippen molar-refractivity contribution in [3.63, 3.8) is 0 Å². The third-order valence-corrected chi connectivity index (χ3v) is 8.85. The Balaban J connectivity index is 1.55. The third kappa shape index (κ3) is 6.32. The molecule has 0 bridgehead atoms. The second-order valence-electron chi connectivity index (χ2n) is 10.1. The number of piperazine rings is 1. The van der Waals surface area contributed by atoms with Crippen LogP contribution in [0.4, 0.5) is 15.8 Å². The number of sulfonamides is 1. The second-order valence-corrected chi connectivity index (χ2v) is 11.8. The summed E-state index contributed by atoms with van der Waals surface area (Å²) >= 11 is 0. The molecule has 0 saturated carbocycles. The molecule has 0 amide bonds. The average molecular weight is 525 g/mol. The van der Waals surface area contributed by atoms with E-state index < -0.39 is 10.0 Å². The van der Waals surface area contributed by atoms with Crippen molar-refractivity contribution in [3.05, 3.63) is 88.7 Å². The van der Waals surface area contributed by atoms with E-state index in [9.17, 15) is 12.8 Å². The molecule has 3 aromatic rings. The van der Waals surface area contributed by atoms with E-state index in [1.165, 1.54) is 12.1 Å². The van der Waals surface area contributed by atoms with Crippen molar-refractivity contribution in [3.8, 4) is 0 Å². The summed E-state index contributed by atoms with van der Waals surface area (Å²) in [4.78, 5) is 6.95. The first-order valence-electron chi connectivity index (χ1n) is 12.6. The topological polar surface area (TPSA) is 55.9 Å². The highest BCUT2D eigenvalue weighted by atomic mass is 32.2. The first-order valence-corrected chi connectivity index (χ1v) is 14.1. The van der Waals surface area contributed by atoms with Crippen LogP contribution >= 0.6 is 0 Å². The summed E-state index contributed by atoms with van der Waals surface area (Å²) < 4.78 is 43.0. The molecule has 0 aliphatic carbocycles. The predicted octanol–water partition coefficient (Wildman–Crippen LogP) is 4.66. The van der Waals surface area contributed by atoms with Gasteiger partial charge in [-0.25, -0.2) is 17.5 Å². The highest BCUT2D eigenvalue weighted by Crippen LogP contribution is 2.27. The Morgan fingerprint density at radius 2 is 1.46 bits per heavy atom. The second kappa shape index (κ2) is 11.2. The van der Waals surface area contributed by atoms with Crippen molar-refractivity contribution in [2.75, 3.05) is 56.6 Å². The van der Waals surface area contributed by atoms with Gasteiger partial charge in [0.05, 0.1) is 4.90 Å². The van der Waals surface area contributed by atoms with E-state index in [2.05, 4.69) is 38.8 Å². The van der Waals surface area contributed by atoms with Gasteiger partial charge in [-0.3, -0.25) is 4.90 Å². The molecule has 0 radical (unpaired) electrons. The van der Waals surface area contributed by atoms with Crippen LogP contribution in [-0.2, 0) is 10.0 Å². The van der Waals surface area contributed by atoms with Crippen LogP contribution < -0.4 is 14.5 Å². The molecule has 3 aromatic carbocycles. The lowest BCUT2D eigenvalue weighted by molar-refractivity contribution is 0.187. The minimum absolute atomic E-state index is 0.117. The molecule has 6 nitrogen and oxygen atoms in total. The van der Waals surface area contributed by atoms with Crippen LogP contribution in [0.15, 0.2) is 65.6 Å². The normalized spacial score (nSPS) is 15.6. The number of rotatable bonds is 8. The van der Waals surface area contributed by atoms with Crippen LogP contribution in [0.25, 0.3) is 0 Å². The summed E-state index contributed by atoms with van der Waals surface area (Å²) in [7, 11) is 0.320. The number of benzene rings is 3. The Kier molecular flexibility index (Phi) is 8.21. The van der Waals surface area contributed by atoms with Gasteiger partial charge >= 0.3 is 0 Å². The monoisotopic (exact) mass is 524 g/mol. The lowest BCUT2D eigenvalue weighted by Gasteiger charge is -2.40. The summed E-state index contributed by atoms with van der Waals surface area (Å²) in [6.07, 6.45) is 0. The van der Waals surface area contributed by atoms with Crippen molar-refractivity contribution in [2.45, 2.75) is 31.7 Å². The maximum Gasteiger partial charge on any atom is 0.240 e. The van der Waals surface area contributed by atoms with Gasteiger partial charge in [-0.2, -0.15) is 0 Å². The largest absolute Gasteiger partial charge is 0.378 e. The zero-order valence-electron chi connectivity index (χ0n) is 22.3. The molecule has 1 N–H and O–H groups in total. The minimum Gasteiger partial charge on any atom is -0.378 e. The smallest absolute Gasteiger partial charge is 0.240 e. The number of halogens is 1. The van der Waals surface area contributed by atoms with Crippen molar-refractivity contribution in [1.29, 1.82) is 0 Å². The minimum atomic E-state index is -3.68. The molecular weight excluding hydrogens is 487 g/mol. The molecule has 4 rings (SSSR count). The summed E-state index contributed by atoms with van der Waals surface area (Å²) in [5.74, 6) is -0.241. The number of hydrogen-bond acceptors (Lipinski definition) is 5. The fourth-order valence-electron chi connectivity index (χ4n) is 4.89. The zero-order valence-corrected chi connectivity index (χ0v) is 23.1. The molecule has 1 atom stereocenters. The van der Waals surface area contributed by atoms with Crippen molar-refractivity contribution >= 4 is 21.4 Å². The maximum absolute atomic E-state index is 13.4. The molecule has 0 spiro atoms. The molecule has 1 unspecified atom stereocenters. The summed E-state index contributed by atoms with van der Waals surface area (Å²) in [6.45, 7) is 9.12. The molecule has 1 heterocycles. The van der Waals surface area contributed by atoms with Crippen molar-refractivity contribution < 1.29 is 12.8 Å². The predicted molar refractivity (Wildman–Crippen MR) is 150 cm³/mol. The SMILES string of the molecule is Cc1cc(C)c(S(=O)(=O)NCC(c2ccc(N(C)C)cc2)N2CCN(c3ccc(F)cc3)CC2)cc1C. The Morgan fingerprint density at radius 1 is 0.865 bits per heavy atom. The van der Waals surface area contributed by atoms with Crippen LogP contribution in [0.2, 0.25) is 0 Å². The summed E-state index contributed by atoms with van der Waals surface area (Å²) in [6, 6.07) is 18.5. The van der Waals surface area contributed by atoms with Gasteiger partial charge in [-0.05, 0) is 85.5 Å². The van der Waals surface area contributed by atoms with Crippen molar-refractivity contribution in [1.82, 2.24) is 9.62 Å². The average Bonchev–Trinajstić information content (AvgIpc) is 2.87. The van der Waals surface area contributed by atoms with Crippen LogP contribution in [0.3, 0.4) is 0 Å². The maximum atomic E-state index is 13.4. The third-order valence-electron chi connectivity index (χ3n) is 7.29. The first-order chi connectivity index (χ1) is 17.5. The molecule has 37 heavy (non-hydrogen) atoms. The fourth-order valence-corrected chi connectivity index (χ4v) is 6.23. The van der Waals surface area contributed by atoms with E-state index in [0.717, 1.165) is 59.8 Å². The molecule has 198 valence electrons. The van der Waals surface area contributed by atoms with E-state index in [1.54, 1.807) is 6.07 Å². The van der Waals surface area contributed by atoms with Gasteiger partial charge in [0, 0.05) is 64.2 Å². The van der Waals surface area contributed by atoms with E-state index in [4.69, 9.17) is 0 Å². The Morgan fingerprint density at radius 3 is 2.05 bits per heavy atom. The Labute approximate surface area is 220 Å². The number of nitrogens with zero attached hydrogens (tertiary/aromatic N) is 3. The van der Waals surface area contributed by atoms with Crippen LogP contribution in [-0.4, -0.2) is 60.1 Å². The molecule has 8 heteroatoms. The zero-order chi connectivity index (χ0) is 26.7. The molecule has 1 saturated heterocycles. The Bertz CT molecular complexity index is 1320. The highest BCUT2D eigenvalue weighted by Gasteiger charge is 2.28. The summed E-state index contributed by atoms with van der Waals surface area (Å²) in [5, 5.41) is 0. The van der Waals surface area contributed by atoms with E-state index in [0.29, 0.717) is 4.90 Å². The summed E-state index contributed by atoms with van der Waals surface area (Å²) in [5.41, 5.74) is 5.94. The van der Waals surface area contributed by atoms with Crippen molar-refractivity contribution in [2.24, 2.45) is 0 Å². The number of aryl methyl sites for hydroxylation is 3. The van der Waals surface area contributed by atoms with Gasteiger partial charge in [-0.1, -0.05) is 18.2 Å². The molecule has 1 fully saturated rings. The van der Waals surface area contributed by atoms with E-state index in [-0.39, 0.29) is 18.4 Å². The number of anilines is 2. The number of nitrogens with one attached hydrogen (secondary N) is 1. The number of hydrogen-bond donors (Lipinski definition) is 1. The Hall–Kier alpha value is -2.94. The highest BCUT2D eigenvalue weighted by molar-refractivity contribution is 7.89. The van der Waals surface area contributed by atoms with Gasteiger partial charge in [0.2, 0.25) is 10.0 Å². The van der Waals surface area contributed by atoms with Gasteiger partial charge in [0.25, 0.3) is 0 Å². The first kappa shape index (κ1) is 27.1. The van der Waals surface area contributed by atoms with Crippen LogP contribution in [0.1, 0.15) is 28.3 Å².